The van der Waals surface area contributed by atoms with Crippen molar-refractivity contribution in [2.45, 2.75) is 26.2 Å². The molecule has 0 radical (unpaired) electrons. The number of nitrogens with two attached hydrogens (primary N) is 1. The molecule has 0 aromatic carbocycles. The molecule has 128 valence electrons. The van der Waals surface area contributed by atoms with Crippen LogP contribution in [0.4, 0.5) is 5.82 Å². The summed E-state index contributed by atoms with van der Waals surface area (Å²) in [5.41, 5.74) is 9.31. The molecule has 0 bridgehead atoms. The Morgan fingerprint density at radius 3 is 2.48 bits per heavy atom. The lowest BCUT2D eigenvalue weighted by Gasteiger charge is -2.08. The van der Waals surface area contributed by atoms with Gasteiger partial charge in [-0.2, -0.15) is 4.98 Å². The van der Waals surface area contributed by atoms with E-state index in [2.05, 4.69) is 19.9 Å². The van der Waals surface area contributed by atoms with E-state index in [1.54, 1.807) is 13.2 Å². The summed E-state index contributed by atoms with van der Waals surface area (Å²) in [4.78, 5) is 17.9. The van der Waals surface area contributed by atoms with E-state index in [0.29, 0.717) is 17.5 Å². The number of aryl methyl sites for hydroxylation is 3. The van der Waals surface area contributed by atoms with Crippen molar-refractivity contribution in [3.05, 3.63) is 59.5 Å². The van der Waals surface area contributed by atoms with Gasteiger partial charge in [-0.3, -0.25) is 0 Å². The van der Waals surface area contributed by atoms with Gasteiger partial charge in [0.25, 0.3) is 0 Å². The molecule has 6 nitrogen and oxygen atoms in total. The average molecular weight is 335 g/mol. The molecule has 0 atom stereocenters. The molecule has 3 aromatic rings. The van der Waals surface area contributed by atoms with Crippen molar-refractivity contribution in [1.29, 1.82) is 0 Å². The van der Waals surface area contributed by atoms with E-state index in [4.69, 9.17) is 10.5 Å². The molecule has 3 rings (SSSR count). The first-order valence-electron chi connectivity index (χ1n) is 8.21. The molecule has 3 aromatic heterocycles. The average Bonchev–Trinajstić information content (AvgIpc) is 2.61. The number of nitrogen functional groups attached to an aromatic ring is 1. The van der Waals surface area contributed by atoms with Crippen LogP contribution in [-0.2, 0) is 12.8 Å². The highest BCUT2D eigenvalue weighted by Gasteiger charge is 2.09. The Bertz CT molecular complexity index is 866. The summed E-state index contributed by atoms with van der Waals surface area (Å²) in [5, 5.41) is 0. The Balaban J connectivity index is 1.75. The fourth-order valence-corrected chi connectivity index (χ4v) is 2.58. The predicted molar refractivity (Wildman–Crippen MR) is 97.2 cm³/mol. The molecule has 0 saturated heterocycles. The van der Waals surface area contributed by atoms with Gasteiger partial charge >= 0.3 is 0 Å². The zero-order valence-electron chi connectivity index (χ0n) is 14.4. The Labute approximate surface area is 147 Å². The summed E-state index contributed by atoms with van der Waals surface area (Å²) < 4.78 is 5.32. The van der Waals surface area contributed by atoms with Crippen molar-refractivity contribution in [1.82, 2.24) is 19.9 Å². The fourth-order valence-electron chi connectivity index (χ4n) is 2.58. The number of aromatic nitrogens is 4. The first-order valence-corrected chi connectivity index (χ1v) is 8.21. The number of nitrogens with zero attached hydrogens (tertiary/aromatic N) is 4. The minimum Gasteiger partial charge on any atom is -0.481 e. The summed E-state index contributed by atoms with van der Waals surface area (Å²) in [6.45, 7) is 1.95. The Kier molecular flexibility index (Phi) is 5.18. The number of hydrogen-bond donors (Lipinski definition) is 1. The highest BCUT2D eigenvalue weighted by molar-refractivity contribution is 5.50. The van der Waals surface area contributed by atoms with E-state index in [-0.39, 0.29) is 0 Å². The predicted octanol–water partition coefficient (Wildman–Crippen LogP) is 3.01. The van der Waals surface area contributed by atoms with Crippen LogP contribution in [0, 0.1) is 6.92 Å². The minimum absolute atomic E-state index is 0.547. The molecular weight excluding hydrogens is 314 g/mol. The number of hydrogen-bond acceptors (Lipinski definition) is 6. The van der Waals surface area contributed by atoms with E-state index in [1.807, 2.05) is 43.3 Å². The summed E-state index contributed by atoms with van der Waals surface area (Å²) in [7, 11) is 1.61. The number of anilines is 1. The van der Waals surface area contributed by atoms with Crippen molar-refractivity contribution in [2.24, 2.45) is 0 Å². The van der Waals surface area contributed by atoms with Crippen LogP contribution >= 0.6 is 0 Å². The molecule has 2 N–H and O–H groups in total. The first kappa shape index (κ1) is 16.8. The van der Waals surface area contributed by atoms with Gasteiger partial charge in [0.1, 0.15) is 11.5 Å². The van der Waals surface area contributed by atoms with Crippen LogP contribution < -0.4 is 10.5 Å². The summed E-state index contributed by atoms with van der Waals surface area (Å²) in [6.07, 6.45) is 2.56. The first-order chi connectivity index (χ1) is 12.1. The van der Waals surface area contributed by atoms with Gasteiger partial charge in [0.15, 0.2) is 5.82 Å². The largest absolute Gasteiger partial charge is 0.481 e. The second-order valence-electron chi connectivity index (χ2n) is 5.80. The van der Waals surface area contributed by atoms with Gasteiger partial charge in [-0.15, -0.1) is 0 Å². The number of pyridine rings is 2. The van der Waals surface area contributed by atoms with Crippen molar-refractivity contribution >= 4 is 5.82 Å². The highest BCUT2D eigenvalue weighted by Crippen LogP contribution is 2.19. The standard InChI is InChI=1S/C19H21N5O/c1-13-6-3-10-16(21-13)19-23-15(12-18(24-19)25-2)9-4-7-14-8-5-11-17(20)22-14/h3,5-6,8,10-12H,4,7,9H2,1-2H3,(H2,20,22). The molecule has 0 aliphatic rings. The number of ether oxygens (including phenoxy) is 1. The molecule has 6 heteroatoms. The van der Waals surface area contributed by atoms with E-state index in [0.717, 1.165) is 42.0 Å². The lowest BCUT2D eigenvalue weighted by atomic mass is 10.1. The summed E-state index contributed by atoms with van der Waals surface area (Å²) in [5.74, 6) is 1.68. The van der Waals surface area contributed by atoms with Gasteiger partial charge < -0.3 is 10.5 Å². The molecule has 3 heterocycles. The van der Waals surface area contributed by atoms with E-state index >= 15 is 0 Å². The van der Waals surface area contributed by atoms with Gasteiger partial charge in [0.2, 0.25) is 5.88 Å². The fraction of sp³-hybridized carbons (Fsp3) is 0.263. The van der Waals surface area contributed by atoms with Crippen LogP contribution in [-0.4, -0.2) is 27.0 Å². The smallest absolute Gasteiger partial charge is 0.216 e. The molecular formula is C19H21N5O. The van der Waals surface area contributed by atoms with Crippen molar-refractivity contribution in [3.8, 4) is 17.4 Å². The van der Waals surface area contributed by atoms with E-state index in [9.17, 15) is 0 Å². The topological polar surface area (TPSA) is 86.8 Å². The molecule has 0 amide bonds. The minimum atomic E-state index is 0.547. The third kappa shape index (κ3) is 4.50. The number of methoxy groups -OCH3 is 1. The van der Waals surface area contributed by atoms with E-state index in [1.165, 1.54) is 0 Å². The van der Waals surface area contributed by atoms with E-state index < -0.39 is 0 Å². The molecule has 0 aliphatic heterocycles. The van der Waals surface area contributed by atoms with Crippen LogP contribution in [0.3, 0.4) is 0 Å². The van der Waals surface area contributed by atoms with Crippen LogP contribution in [0.15, 0.2) is 42.5 Å². The van der Waals surface area contributed by atoms with Crippen molar-refractivity contribution in [2.75, 3.05) is 12.8 Å². The maximum absolute atomic E-state index is 5.72. The zero-order chi connectivity index (χ0) is 17.6. The van der Waals surface area contributed by atoms with Gasteiger partial charge in [-0.05, 0) is 50.5 Å². The molecule has 0 spiro atoms. The normalized spacial score (nSPS) is 10.6. The van der Waals surface area contributed by atoms with Crippen LogP contribution in [0.5, 0.6) is 5.88 Å². The molecule has 0 saturated carbocycles. The van der Waals surface area contributed by atoms with Crippen molar-refractivity contribution in [3.63, 3.8) is 0 Å². The van der Waals surface area contributed by atoms with Crippen LogP contribution in [0.1, 0.15) is 23.5 Å². The van der Waals surface area contributed by atoms with Crippen LogP contribution in [0.25, 0.3) is 11.5 Å². The quantitative estimate of drug-likeness (QED) is 0.745. The maximum atomic E-state index is 5.72. The Hall–Kier alpha value is -3.02. The third-order valence-corrected chi connectivity index (χ3v) is 3.78. The lowest BCUT2D eigenvalue weighted by Crippen LogP contribution is -2.02. The maximum Gasteiger partial charge on any atom is 0.216 e. The van der Waals surface area contributed by atoms with Gasteiger partial charge in [0, 0.05) is 23.1 Å². The zero-order valence-corrected chi connectivity index (χ0v) is 14.4. The summed E-state index contributed by atoms with van der Waals surface area (Å²) >= 11 is 0. The number of rotatable bonds is 6. The molecule has 0 unspecified atom stereocenters. The molecule has 0 fully saturated rings. The second kappa shape index (κ2) is 7.70. The van der Waals surface area contributed by atoms with Gasteiger partial charge in [0.05, 0.1) is 7.11 Å². The monoisotopic (exact) mass is 335 g/mol. The third-order valence-electron chi connectivity index (χ3n) is 3.78. The second-order valence-corrected chi connectivity index (χ2v) is 5.80. The van der Waals surface area contributed by atoms with Crippen molar-refractivity contribution < 1.29 is 4.74 Å². The highest BCUT2D eigenvalue weighted by atomic mass is 16.5. The molecule has 0 aliphatic carbocycles. The van der Waals surface area contributed by atoms with Gasteiger partial charge in [-0.25, -0.2) is 15.0 Å². The molecule has 25 heavy (non-hydrogen) atoms. The Morgan fingerprint density at radius 1 is 0.920 bits per heavy atom. The lowest BCUT2D eigenvalue weighted by molar-refractivity contribution is 0.396. The Morgan fingerprint density at radius 2 is 1.72 bits per heavy atom. The SMILES string of the molecule is COc1cc(CCCc2cccc(N)n2)nc(-c2cccc(C)n2)n1. The van der Waals surface area contributed by atoms with Gasteiger partial charge in [-0.1, -0.05) is 12.1 Å². The van der Waals surface area contributed by atoms with Crippen LogP contribution in [0.2, 0.25) is 0 Å². The summed E-state index contributed by atoms with van der Waals surface area (Å²) in [6, 6.07) is 13.4.